The molecule has 2 nitrogen and oxygen atoms in total. The summed E-state index contributed by atoms with van der Waals surface area (Å²) < 4.78 is 1.97. The predicted molar refractivity (Wildman–Crippen MR) is 54.4 cm³/mol. The number of rotatable bonds is 3. The summed E-state index contributed by atoms with van der Waals surface area (Å²) in [6.07, 6.45) is 9.35. The molecule has 0 atom stereocenters. The van der Waals surface area contributed by atoms with Gasteiger partial charge in [-0.25, -0.2) is 0 Å². The summed E-state index contributed by atoms with van der Waals surface area (Å²) in [6, 6.07) is 1.88. The summed E-state index contributed by atoms with van der Waals surface area (Å²) in [5, 5.41) is 4.32. The summed E-state index contributed by atoms with van der Waals surface area (Å²) in [7, 11) is 0. The van der Waals surface area contributed by atoms with E-state index < -0.39 is 0 Å². The first-order valence-electron chi connectivity index (χ1n) is 4.69. The van der Waals surface area contributed by atoms with Crippen molar-refractivity contribution in [2.75, 3.05) is 0 Å². The highest BCUT2D eigenvalue weighted by atomic mass is 15.3. The summed E-state index contributed by atoms with van der Waals surface area (Å²) in [4.78, 5) is 0. The molecule has 0 aliphatic heterocycles. The number of nitrogens with zero attached hydrogens (tertiary/aromatic N) is 2. The van der Waals surface area contributed by atoms with E-state index in [1.54, 1.807) is 0 Å². The van der Waals surface area contributed by atoms with Crippen LogP contribution in [0.5, 0.6) is 0 Å². The minimum Gasteiger partial charge on any atom is -0.266 e. The number of aromatic nitrogens is 2. The third-order valence-corrected chi connectivity index (χ3v) is 2.81. The largest absolute Gasteiger partial charge is 0.266 e. The van der Waals surface area contributed by atoms with Crippen molar-refractivity contribution >= 4 is 0 Å². The fourth-order valence-corrected chi connectivity index (χ4v) is 1.28. The van der Waals surface area contributed by atoms with E-state index in [4.69, 9.17) is 6.42 Å². The van der Waals surface area contributed by atoms with Gasteiger partial charge in [0.15, 0.2) is 0 Å². The lowest BCUT2D eigenvalue weighted by Crippen LogP contribution is -2.28. The standard InChI is InChI=1S/C11H16N2/c1-5-10-8-9-13(12-10)11(4,6-2)7-3/h1,8-9H,6-7H2,2-4H3. The second-order valence-electron chi connectivity index (χ2n) is 3.49. The minimum absolute atomic E-state index is 0.106. The maximum atomic E-state index is 5.26. The smallest absolute Gasteiger partial charge is 0.135 e. The lowest BCUT2D eigenvalue weighted by atomic mass is 9.96. The second kappa shape index (κ2) is 3.66. The van der Waals surface area contributed by atoms with E-state index in [1.807, 2.05) is 16.9 Å². The van der Waals surface area contributed by atoms with Crippen LogP contribution in [-0.2, 0) is 5.54 Å². The molecule has 0 aliphatic carbocycles. The Labute approximate surface area is 80.0 Å². The van der Waals surface area contributed by atoms with Crippen LogP contribution >= 0.6 is 0 Å². The number of terminal acetylenes is 1. The van der Waals surface area contributed by atoms with E-state index in [-0.39, 0.29) is 5.54 Å². The Morgan fingerprint density at radius 1 is 1.54 bits per heavy atom. The Morgan fingerprint density at radius 2 is 2.15 bits per heavy atom. The molecule has 0 saturated carbocycles. The van der Waals surface area contributed by atoms with Gasteiger partial charge in [-0.05, 0) is 31.8 Å². The topological polar surface area (TPSA) is 17.8 Å². The highest BCUT2D eigenvalue weighted by Gasteiger charge is 2.22. The van der Waals surface area contributed by atoms with Gasteiger partial charge in [-0.3, -0.25) is 4.68 Å². The van der Waals surface area contributed by atoms with Gasteiger partial charge >= 0.3 is 0 Å². The van der Waals surface area contributed by atoms with Crippen molar-refractivity contribution in [3.8, 4) is 12.3 Å². The fraction of sp³-hybridized carbons (Fsp3) is 0.545. The molecule has 1 rings (SSSR count). The Morgan fingerprint density at radius 3 is 2.54 bits per heavy atom. The van der Waals surface area contributed by atoms with E-state index in [0.717, 1.165) is 12.8 Å². The van der Waals surface area contributed by atoms with Gasteiger partial charge in [-0.15, -0.1) is 6.42 Å². The van der Waals surface area contributed by atoms with Crippen LogP contribution in [0.15, 0.2) is 12.3 Å². The van der Waals surface area contributed by atoms with Crippen LogP contribution in [-0.4, -0.2) is 9.78 Å². The molecule has 1 aromatic heterocycles. The average molecular weight is 176 g/mol. The molecular formula is C11H16N2. The Balaban J connectivity index is 3.00. The van der Waals surface area contributed by atoms with Crippen molar-refractivity contribution in [1.82, 2.24) is 9.78 Å². The molecule has 0 radical (unpaired) electrons. The van der Waals surface area contributed by atoms with Crippen molar-refractivity contribution in [3.63, 3.8) is 0 Å². The molecule has 0 aliphatic rings. The zero-order valence-electron chi connectivity index (χ0n) is 8.54. The first-order chi connectivity index (χ1) is 6.16. The predicted octanol–water partition coefficient (Wildman–Crippen LogP) is 2.40. The fourth-order valence-electron chi connectivity index (χ4n) is 1.28. The molecule has 0 N–H and O–H groups in total. The third kappa shape index (κ3) is 1.75. The highest BCUT2D eigenvalue weighted by Crippen LogP contribution is 2.23. The molecule has 0 spiro atoms. The van der Waals surface area contributed by atoms with Gasteiger partial charge in [0.2, 0.25) is 0 Å². The zero-order chi connectivity index (χ0) is 9.90. The molecule has 0 unspecified atom stereocenters. The minimum atomic E-state index is 0.106. The molecule has 0 saturated heterocycles. The van der Waals surface area contributed by atoms with Gasteiger partial charge in [-0.2, -0.15) is 5.10 Å². The van der Waals surface area contributed by atoms with Gasteiger partial charge in [0, 0.05) is 6.20 Å². The normalized spacial score (nSPS) is 11.2. The Bertz CT molecular complexity index is 313. The molecule has 0 amide bonds. The molecule has 1 heterocycles. The van der Waals surface area contributed by atoms with Crippen LogP contribution in [0, 0.1) is 12.3 Å². The SMILES string of the molecule is C#Cc1ccn(C(C)(CC)CC)n1. The van der Waals surface area contributed by atoms with Crippen LogP contribution in [0.25, 0.3) is 0 Å². The van der Waals surface area contributed by atoms with Crippen LogP contribution in [0.1, 0.15) is 39.3 Å². The molecule has 13 heavy (non-hydrogen) atoms. The van der Waals surface area contributed by atoms with Gasteiger partial charge in [-0.1, -0.05) is 13.8 Å². The van der Waals surface area contributed by atoms with Gasteiger partial charge in [0.25, 0.3) is 0 Å². The van der Waals surface area contributed by atoms with Crippen LogP contribution < -0.4 is 0 Å². The number of hydrogen-bond acceptors (Lipinski definition) is 1. The Hall–Kier alpha value is -1.23. The summed E-state index contributed by atoms with van der Waals surface area (Å²) in [5.41, 5.74) is 0.822. The van der Waals surface area contributed by atoms with Gasteiger partial charge in [0.1, 0.15) is 5.69 Å². The first-order valence-corrected chi connectivity index (χ1v) is 4.69. The quantitative estimate of drug-likeness (QED) is 0.647. The first kappa shape index (κ1) is 9.85. The van der Waals surface area contributed by atoms with Crippen molar-refractivity contribution in [3.05, 3.63) is 18.0 Å². The van der Waals surface area contributed by atoms with E-state index in [0.29, 0.717) is 5.69 Å². The molecule has 0 aromatic carbocycles. The van der Waals surface area contributed by atoms with Gasteiger partial charge < -0.3 is 0 Å². The molecule has 70 valence electrons. The maximum Gasteiger partial charge on any atom is 0.135 e. The van der Waals surface area contributed by atoms with E-state index in [2.05, 4.69) is 31.8 Å². The van der Waals surface area contributed by atoms with E-state index >= 15 is 0 Å². The lowest BCUT2D eigenvalue weighted by Gasteiger charge is -2.27. The maximum absolute atomic E-state index is 5.26. The highest BCUT2D eigenvalue weighted by molar-refractivity contribution is 5.22. The zero-order valence-corrected chi connectivity index (χ0v) is 8.54. The van der Waals surface area contributed by atoms with Crippen molar-refractivity contribution in [2.45, 2.75) is 39.2 Å². The molecule has 0 fully saturated rings. The molecule has 1 aromatic rings. The second-order valence-corrected chi connectivity index (χ2v) is 3.49. The molecule has 2 heteroatoms. The van der Waals surface area contributed by atoms with E-state index in [1.165, 1.54) is 0 Å². The van der Waals surface area contributed by atoms with Crippen molar-refractivity contribution in [1.29, 1.82) is 0 Å². The van der Waals surface area contributed by atoms with Crippen LogP contribution in [0.3, 0.4) is 0 Å². The average Bonchev–Trinajstić information content (AvgIpc) is 2.65. The molecular weight excluding hydrogens is 160 g/mol. The summed E-state index contributed by atoms with van der Waals surface area (Å²) in [5.74, 6) is 2.54. The Kier molecular flexibility index (Phi) is 2.77. The lowest BCUT2D eigenvalue weighted by molar-refractivity contribution is 0.264. The van der Waals surface area contributed by atoms with Crippen molar-refractivity contribution in [2.24, 2.45) is 0 Å². The van der Waals surface area contributed by atoms with Crippen molar-refractivity contribution < 1.29 is 0 Å². The molecule has 0 bridgehead atoms. The van der Waals surface area contributed by atoms with Gasteiger partial charge in [0.05, 0.1) is 5.54 Å². The monoisotopic (exact) mass is 176 g/mol. The van der Waals surface area contributed by atoms with Crippen LogP contribution in [0.4, 0.5) is 0 Å². The van der Waals surface area contributed by atoms with Crippen LogP contribution in [0.2, 0.25) is 0 Å². The third-order valence-electron chi connectivity index (χ3n) is 2.81. The number of hydrogen-bond donors (Lipinski definition) is 0. The summed E-state index contributed by atoms with van der Waals surface area (Å²) >= 11 is 0. The summed E-state index contributed by atoms with van der Waals surface area (Å²) in [6.45, 7) is 6.53. The van der Waals surface area contributed by atoms with E-state index in [9.17, 15) is 0 Å².